The fraction of sp³-hybridized carbons (Fsp3) is 0.304. The molecule has 2 aliphatic carbocycles. The first-order chi connectivity index (χ1) is 12.8. The number of aliphatic hydroxyl groups is 1. The topological polar surface area (TPSA) is 20.2 Å². The van der Waals surface area contributed by atoms with Gasteiger partial charge in [-0.3, -0.25) is 0 Å². The molecule has 1 nitrogen and oxygen atoms in total. The van der Waals surface area contributed by atoms with Crippen molar-refractivity contribution >= 4 is 37.6 Å². The summed E-state index contributed by atoms with van der Waals surface area (Å²) in [6, 6.07) is 18.1. The van der Waals surface area contributed by atoms with E-state index in [0.717, 1.165) is 10.5 Å². The molecule has 0 aromatic heterocycles. The molecular weight excluding hydrogens is 511 g/mol. The molecule has 2 aromatic carbocycles. The molecule has 0 saturated carbocycles. The third-order valence-electron chi connectivity index (χ3n) is 8.73. The molecule has 157 valence electrons. The number of hydrogen-bond acceptors (Lipinski definition) is 1. The third-order valence-corrected chi connectivity index (χ3v) is 87.8. The van der Waals surface area contributed by atoms with Gasteiger partial charge in [-0.25, -0.2) is 0 Å². The van der Waals surface area contributed by atoms with Gasteiger partial charge >= 0.3 is 164 Å². The maximum Gasteiger partial charge on any atom is -0.147 e. The summed E-state index contributed by atoms with van der Waals surface area (Å²) < 4.78 is 5.91. The Balaban J connectivity index is 0.00000150. The summed E-state index contributed by atoms with van der Waals surface area (Å²) in [5, 5.41) is 10.4. The van der Waals surface area contributed by atoms with Crippen molar-refractivity contribution in [2.45, 2.75) is 31.9 Å². The summed E-state index contributed by atoms with van der Waals surface area (Å²) in [5.41, 5.74) is 5.89. The molecule has 0 aliphatic heterocycles. The van der Waals surface area contributed by atoms with Crippen LogP contribution in [0.25, 0.3) is 11.1 Å². The molecule has 4 rings (SSSR count). The van der Waals surface area contributed by atoms with Gasteiger partial charge in [-0.2, -0.15) is 0 Å². The average molecular weight is 544 g/mol. The average Bonchev–Trinajstić information content (AvgIpc) is 3.30. The zero-order chi connectivity index (χ0) is 19.3. The van der Waals surface area contributed by atoms with E-state index in [2.05, 4.69) is 91.4 Å². The standard InChI is InChI=1S/C13H9.C5H5.C2H5O.C2H7Si.CH3.2ClH.H2Si.Zr/c1-3-7-12-10(5-1)9-11-6-2-4-8-13(11)12;1-2-4-5-3-1;1-2-3;1-3-2;;;;;/h1-9H;1-3H,4H2;3H,1-2H2;3H,1-2H3;1H3;2*1H;1H2;. The Kier molecular flexibility index (Phi) is 6.94. The normalized spacial score (nSPS) is 17.5. The summed E-state index contributed by atoms with van der Waals surface area (Å²) in [6.45, 7) is 7.86. The second-order valence-corrected chi connectivity index (χ2v) is 72.6. The van der Waals surface area contributed by atoms with Crippen molar-refractivity contribution in [3.8, 4) is 11.1 Å². The minimum absolute atomic E-state index is 0. The van der Waals surface area contributed by atoms with Gasteiger partial charge in [0.1, 0.15) is 0 Å². The van der Waals surface area contributed by atoms with Gasteiger partial charge in [0.2, 0.25) is 0 Å². The third kappa shape index (κ3) is 3.13. The van der Waals surface area contributed by atoms with Crippen molar-refractivity contribution in [3.05, 3.63) is 81.2 Å². The van der Waals surface area contributed by atoms with Crippen LogP contribution in [0.15, 0.2) is 70.0 Å². The SMILES string of the molecule is C[SiH](C)[Zr]([CH3])(=[SiH2])([CH2]CO)([C]1=CC=CC1)[CH]1c2ccccc2-c2ccccc21.Cl.Cl. The molecule has 0 radical (unpaired) electrons. The van der Waals surface area contributed by atoms with Crippen LogP contribution in [0.1, 0.15) is 21.2 Å². The zero-order valence-corrected chi connectivity index (χ0v) is 24.3. The molecule has 0 unspecified atom stereocenters. The van der Waals surface area contributed by atoms with E-state index in [4.69, 9.17) is 0 Å². The van der Waals surface area contributed by atoms with E-state index < -0.39 is 21.0 Å². The van der Waals surface area contributed by atoms with Crippen LogP contribution < -0.4 is 0 Å². The van der Waals surface area contributed by atoms with E-state index in [1.165, 1.54) is 22.3 Å². The van der Waals surface area contributed by atoms with Crippen molar-refractivity contribution in [2.24, 2.45) is 0 Å². The van der Waals surface area contributed by atoms with E-state index >= 15 is 0 Å². The van der Waals surface area contributed by atoms with Crippen molar-refractivity contribution in [1.82, 2.24) is 0 Å². The molecule has 6 heteroatoms. The number of allylic oxidation sites excluding steroid dienone is 4. The van der Waals surface area contributed by atoms with E-state index in [0.29, 0.717) is 10.2 Å². The molecule has 0 fully saturated rings. The molecule has 2 aromatic rings. The fourth-order valence-electron chi connectivity index (χ4n) is 6.21. The van der Waals surface area contributed by atoms with Crippen molar-refractivity contribution in [2.75, 3.05) is 6.61 Å². The molecule has 0 heterocycles. The molecule has 0 saturated heterocycles. The van der Waals surface area contributed by atoms with E-state index in [-0.39, 0.29) is 24.8 Å². The van der Waals surface area contributed by atoms with Crippen LogP contribution in [0.4, 0.5) is 0 Å². The quantitative estimate of drug-likeness (QED) is 0.483. The van der Waals surface area contributed by atoms with Gasteiger partial charge < -0.3 is 0 Å². The largest absolute Gasteiger partial charge is 0.147 e. The Morgan fingerprint density at radius 1 is 1.00 bits per heavy atom. The van der Waals surface area contributed by atoms with Gasteiger partial charge in [-0.15, -0.1) is 24.8 Å². The predicted octanol–water partition coefficient (Wildman–Crippen LogP) is 5.66. The second kappa shape index (κ2) is 8.04. The van der Waals surface area contributed by atoms with Crippen LogP contribution in [0.5, 0.6) is 0 Å². The number of aliphatic hydroxyl groups excluding tert-OH is 1. The smallest absolute Gasteiger partial charge is 0.147 e. The summed E-state index contributed by atoms with van der Waals surface area (Å²) in [5.74, 6) is -1.15. The zero-order valence-electron chi connectivity index (χ0n) is 17.6. The van der Waals surface area contributed by atoms with Crippen LogP contribution in [0.3, 0.4) is 0 Å². The summed E-state index contributed by atoms with van der Waals surface area (Å²) in [4.78, 5) is 0. The van der Waals surface area contributed by atoms with Crippen LogP contribution in [0, 0.1) is 0 Å². The van der Waals surface area contributed by atoms with Crippen molar-refractivity contribution < 1.29 is 20.2 Å². The number of rotatable bonds is 5. The van der Waals surface area contributed by atoms with Crippen LogP contribution in [-0.4, -0.2) is 24.5 Å². The van der Waals surface area contributed by atoms with Crippen molar-refractivity contribution in [3.63, 3.8) is 0 Å². The van der Waals surface area contributed by atoms with Gasteiger partial charge in [0.15, 0.2) is 0 Å². The number of halogens is 2. The summed E-state index contributed by atoms with van der Waals surface area (Å²) in [6.07, 6.45) is 8.13. The molecule has 0 amide bonds. The first-order valence-corrected chi connectivity index (χ1v) is 30.1. The Morgan fingerprint density at radius 3 is 1.93 bits per heavy atom. The minimum atomic E-state index is -4.10. The minimum Gasteiger partial charge on any atom is -0.147 e. The van der Waals surface area contributed by atoms with Gasteiger partial charge in [-0.1, -0.05) is 0 Å². The Morgan fingerprint density at radius 2 is 1.52 bits per heavy atom. The Hall–Kier alpha value is -0.223. The van der Waals surface area contributed by atoms with Gasteiger partial charge in [0.25, 0.3) is 0 Å². The molecule has 0 spiro atoms. The molecular formula is C23H33Cl2OSi2Zr. The van der Waals surface area contributed by atoms with E-state index in [1.807, 2.05) is 0 Å². The first-order valence-electron chi connectivity index (χ1n) is 10.2. The number of hydrogen-bond donors (Lipinski definition) is 1. The van der Waals surface area contributed by atoms with Gasteiger partial charge in [0, 0.05) is 0 Å². The molecule has 1 N–H and O–H groups in total. The Labute approximate surface area is 187 Å². The molecule has 29 heavy (non-hydrogen) atoms. The predicted molar refractivity (Wildman–Crippen MR) is 135 cm³/mol. The van der Waals surface area contributed by atoms with Gasteiger partial charge in [-0.05, 0) is 0 Å². The first kappa shape index (κ1) is 25.0. The summed E-state index contributed by atoms with van der Waals surface area (Å²) in [7, 11) is 0. The molecule has 0 bridgehead atoms. The van der Waals surface area contributed by atoms with Crippen LogP contribution in [0.2, 0.25) is 21.9 Å². The number of benzene rings is 2. The molecule has 0 atom stereocenters. The second-order valence-electron chi connectivity index (χ2n) is 9.97. The Bertz CT molecular complexity index is 1050. The van der Waals surface area contributed by atoms with E-state index in [1.54, 1.807) is 3.28 Å². The van der Waals surface area contributed by atoms with Crippen molar-refractivity contribution in [1.29, 1.82) is 0 Å². The summed E-state index contributed by atoms with van der Waals surface area (Å²) >= 11 is -4.10. The van der Waals surface area contributed by atoms with E-state index in [9.17, 15) is 5.11 Å². The van der Waals surface area contributed by atoms with Gasteiger partial charge in [0.05, 0.1) is 0 Å². The number of fused-ring (bicyclic) bond motifs is 3. The van der Waals surface area contributed by atoms with Crippen LogP contribution in [-0.2, 0) is 15.1 Å². The maximum absolute atomic E-state index is 10.4. The molecule has 2 aliphatic rings. The monoisotopic (exact) mass is 541 g/mol. The van der Waals surface area contributed by atoms with Crippen LogP contribution >= 0.6 is 24.8 Å². The fourth-order valence-corrected chi connectivity index (χ4v) is 46.7. The maximum atomic E-state index is 10.4.